The van der Waals surface area contributed by atoms with E-state index in [0.717, 1.165) is 0 Å². The van der Waals surface area contributed by atoms with Crippen LogP contribution in [-0.4, -0.2) is 27.7 Å². The third-order valence-electron chi connectivity index (χ3n) is 1.74. The number of nitrogens with one attached hydrogen (secondary N) is 1. The van der Waals surface area contributed by atoms with Crippen molar-refractivity contribution in [2.75, 3.05) is 13.2 Å². The van der Waals surface area contributed by atoms with Gasteiger partial charge in [0.2, 0.25) is 0 Å². The Morgan fingerprint density at radius 1 is 1.42 bits per heavy atom. The minimum absolute atomic E-state index is 0.0713. The van der Waals surface area contributed by atoms with Gasteiger partial charge in [-0.05, 0) is 27.7 Å². The number of ether oxygens (including phenoxy) is 1. The van der Waals surface area contributed by atoms with Crippen LogP contribution in [0.5, 0.6) is 0 Å². The molecule has 1 heterocycles. The van der Waals surface area contributed by atoms with E-state index in [1.54, 1.807) is 0 Å². The molecule has 0 saturated carbocycles. The van der Waals surface area contributed by atoms with Gasteiger partial charge < -0.3 is 4.74 Å². The fourth-order valence-electron chi connectivity index (χ4n) is 0.844. The Kier molecular flexibility index (Phi) is 2.61. The van der Waals surface area contributed by atoms with Gasteiger partial charge in [-0.3, -0.25) is 0 Å². The number of hydrogen-bond acceptors (Lipinski definition) is 2. The molecular formula is C8H17NO2S. The van der Waals surface area contributed by atoms with Crippen LogP contribution in [0.4, 0.5) is 0 Å². The Balaban J connectivity index is 2.46. The Labute approximate surface area is 76.5 Å². The highest BCUT2D eigenvalue weighted by Gasteiger charge is 2.37. The third-order valence-corrected chi connectivity index (χ3v) is 3.53. The van der Waals surface area contributed by atoms with Crippen molar-refractivity contribution < 1.29 is 8.95 Å². The molecule has 72 valence electrons. The molecule has 0 amide bonds. The Hall–Kier alpha value is 0.0700. The van der Waals surface area contributed by atoms with E-state index in [-0.39, 0.29) is 10.3 Å². The van der Waals surface area contributed by atoms with E-state index in [2.05, 4.69) is 4.72 Å². The normalized spacial score (nSPS) is 24.7. The Morgan fingerprint density at radius 3 is 2.17 bits per heavy atom. The van der Waals surface area contributed by atoms with Gasteiger partial charge in [0, 0.05) is 0 Å². The van der Waals surface area contributed by atoms with E-state index >= 15 is 0 Å². The zero-order valence-electron chi connectivity index (χ0n) is 8.14. The fraction of sp³-hybridized carbons (Fsp3) is 1.00. The molecule has 0 aliphatic carbocycles. The van der Waals surface area contributed by atoms with Crippen molar-refractivity contribution in [3.05, 3.63) is 0 Å². The maximum atomic E-state index is 11.6. The van der Waals surface area contributed by atoms with Crippen LogP contribution in [0.25, 0.3) is 0 Å². The van der Waals surface area contributed by atoms with Gasteiger partial charge in [-0.2, -0.15) is 0 Å². The Morgan fingerprint density at radius 2 is 1.92 bits per heavy atom. The SMILES string of the molecule is CC1(NS(=O)C(C)(C)C)COC1. The Bertz CT molecular complexity index is 194. The maximum Gasteiger partial charge on any atom is 0.0976 e. The summed E-state index contributed by atoms with van der Waals surface area (Å²) in [5, 5.41) is 0. The molecule has 1 aliphatic rings. The van der Waals surface area contributed by atoms with E-state index in [1.165, 1.54) is 0 Å². The topological polar surface area (TPSA) is 38.3 Å². The van der Waals surface area contributed by atoms with Crippen molar-refractivity contribution in [1.29, 1.82) is 0 Å². The largest absolute Gasteiger partial charge is 0.377 e. The van der Waals surface area contributed by atoms with Crippen molar-refractivity contribution in [3.8, 4) is 0 Å². The van der Waals surface area contributed by atoms with Gasteiger partial charge in [0.05, 0.1) is 34.5 Å². The first-order chi connectivity index (χ1) is 5.33. The molecule has 3 nitrogen and oxygen atoms in total. The first-order valence-corrected chi connectivity index (χ1v) is 5.26. The van der Waals surface area contributed by atoms with E-state index < -0.39 is 11.0 Å². The molecule has 4 heteroatoms. The molecule has 1 unspecified atom stereocenters. The summed E-state index contributed by atoms with van der Waals surface area (Å²) in [7, 11) is -0.985. The zero-order chi connectivity index (χ0) is 9.41. The minimum Gasteiger partial charge on any atom is -0.377 e. The lowest BCUT2D eigenvalue weighted by molar-refractivity contribution is -0.0518. The summed E-state index contributed by atoms with van der Waals surface area (Å²) in [6.07, 6.45) is 0. The third kappa shape index (κ3) is 2.28. The van der Waals surface area contributed by atoms with Crippen LogP contribution in [0.3, 0.4) is 0 Å². The summed E-state index contributed by atoms with van der Waals surface area (Å²) in [5.74, 6) is 0. The highest BCUT2D eigenvalue weighted by Crippen LogP contribution is 2.19. The molecule has 1 saturated heterocycles. The quantitative estimate of drug-likeness (QED) is 0.702. The molecular weight excluding hydrogens is 174 g/mol. The van der Waals surface area contributed by atoms with Crippen molar-refractivity contribution in [2.24, 2.45) is 0 Å². The van der Waals surface area contributed by atoms with Gasteiger partial charge in [-0.1, -0.05) is 0 Å². The lowest BCUT2D eigenvalue weighted by Gasteiger charge is -2.39. The molecule has 1 N–H and O–H groups in total. The molecule has 0 bridgehead atoms. The zero-order valence-corrected chi connectivity index (χ0v) is 8.96. The lowest BCUT2D eigenvalue weighted by atomic mass is 10.0. The predicted octanol–water partition coefficient (Wildman–Crippen LogP) is 0.827. The average Bonchev–Trinajstić information content (AvgIpc) is 1.82. The van der Waals surface area contributed by atoms with E-state index in [9.17, 15) is 4.21 Å². The van der Waals surface area contributed by atoms with Crippen molar-refractivity contribution in [3.63, 3.8) is 0 Å². The molecule has 1 aliphatic heterocycles. The summed E-state index contributed by atoms with van der Waals surface area (Å²) in [5.41, 5.74) is -0.0713. The van der Waals surface area contributed by atoms with E-state index in [0.29, 0.717) is 13.2 Å². The second-order valence-electron chi connectivity index (χ2n) is 4.54. The van der Waals surface area contributed by atoms with Crippen LogP contribution < -0.4 is 4.72 Å². The van der Waals surface area contributed by atoms with Gasteiger partial charge in [-0.15, -0.1) is 0 Å². The highest BCUT2D eigenvalue weighted by molar-refractivity contribution is 7.84. The summed E-state index contributed by atoms with van der Waals surface area (Å²) in [6, 6.07) is 0. The monoisotopic (exact) mass is 191 g/mol. The van der Waals surface area contributed by atoms with Crippen LogP contribution in [-0.2, 0) is 15.7 Å². The van der Waals surface area contributed by atoms with E-state index in [4.69, 9.17) is 4.74 Å². The standard InChI is InChI=1S/C8H17NO2S/c1-7(2,3)12(10)9-8(4)5-11-6-8/h9H,5-6H2,1-4H3. The number of rotatable bonds is 2. The van der Waals surface area contributed by atoms with Crippen molar-refractivity contribution >= 4 is 11.0 Å². The second kappa shape index (κ2) is 3.09. The molecule has 0 aromatic carbocycles. The summed E-state index contributed by atoms with van der Waals surface area (Å²) < 4.78 is 19.6. The molecule has 1 rings (SSSR count). The first kappa shape index (κ1) is 10.2. The predicted molar refractivity (Wildman–Crippen MR) is 50.3 cm³/mol. The summed E-state index contributed by atoms with van der Waals surface area (Å²) >= 11 is 0. The van der Waals surface area contributed by atoms with Gasteiger partial charge >= 0.3 is 0 Å². The lowest BCUT2D eigenvalue weighted by Crippen LogP contribution is -2.60. The molecule has 0 spiro atoms. The van der Waals surface area contributed by atoms with Crippen LogP contribution in [0, 0.1) is 0 Å². The van der Waals surface area contributed by atoms with Gasteiger partial charge in [0.15, 0.2) is 0 Å². The number of hydrogen-bond donors (Lipinski definition) is 1. The molecule has 1 atom stereocenters. The molecule has 1 fully saturated rings. The molecule has 0 radical (unpaired) electrons. The molecule has 0 aromatic rings. The summed E-state index contributed by atoms with van der Waals surface area (Å²) in [4.78, 5) is 0. The fourth-order valence-corrected chi connectivity index (χ4v) is 1.72. The van der Waals surface area contributed by atoms with Crippen molar-refractivity contribution in [1.82, 2.24) is 4.72 Å². The minimum atomic E-state index is -0.985. The summed E-state index contributed by atoms with van der Waals surface area (Å²) in [6.45, 7) is 9.22. The maximum absolute atomic E-state index is 11.6. The van der Waals surface area contributed by atoms with Gasteiger partial charge in [-0.25, -0.2) is 8.93 Å². The van der Waals surface area contributed by atoms with Crippen LogP contribution in [0.2, 0.25) is 0 Å². The molecule has 12 heavy (non-hydrogen) atoms. The first-order valence-electron chi connectivity index (χ1n) is 4.11. The van der Waals surface area contributed by atoms with Crippen molar-refractivity contribution in [2.45, 2.75) is 38.0 Å². The van der Waals surface area contributed by atoms with Crippen LogP contribution in [0.1, 0.15) is 27.7 Å². The second-order valence-corrected chi connectivity index (χ2v) is 6.50. The van der Waals surface area contributed by atoms with Crippen LogP contribution in [0.15, 0.2) is 0 Å². The van der Waals surface area contributed by atoms with Gasteiger partial charge in [0.25, 0.3) is 0 Å². The average molecular weight is 191 g/mol. The highest BCUT2D eigenvalue weighted by atomic mass is 32.2. The van der Waals surface area contributed by atoms with Gasteiger partial charge in [0.1, 0.15) is 0 Å². The van der Waals surface area contributed by atoms with E-state index in [1.807, 2.05) is 27.7 Å². The smallest absolute Gasteiger partial charge is 0.0976 e. The molecule has 0 aromatic heterocycles. The van der Waals surface area contributed by atoms with Crippen LogP contribution >= 0.6 is 0 Å².